The Balaban J connectivity index is 2.29. The molecule has 0 aliphatic carbocycles. The summed E-state index contributed by atoms with van der Waals surface area (Å²) in [6.45, 7) is -0.562. The normalized spacial score (nSPS) is 11.5. The van der Waals surface area contributed by atoms with Gasteiger partial charge in [0.1, 0.15) is 18.4 Å². The Morgan fingerprint density at radius 2 is 2.22 bits per heavy atom. The van der Waals surface area contributed by atoms with Crippen molar-refractivity contribution in [2.24, 2.45) is 0 Å². The molecule has 0 bridgehead atoms. The van der Waals surface area contributed by atoms with E-state index in [2.05, 4.69) is 10.2 Å². The van der Waals surface area contributed by atoms with Crippen LogP contribution in [0.5, 0.6) is 0 Å². The molecule has 0 atom stereocenters. The van der Waals surface area contributed by atoms with E-state index in [0.717, 1.165) is 0 Å². The number of nitrogen functional groups attached to an aromatic ring is 1. The van der Waals surface area contributed by atoms with Gasteiger partial charge < -0.3 is 25.3 Å². The Morgan fingerprint density at radius 3 is 2.89 bits per heavy atom. The predicted octanol–water partition coefficient (Wildman–Crippen LogP) is -1.37. The first kappa shape index (κ1) is 12.6. The summed E-state index contributed by atoms with van der Waals surface area (Å²) in [5.74, 6) is 0.226. The molecule has 2 heterocycles. The van der Waals surface area contributed by atoms with Crippen molar-refractivity contribution < 1.29 is 14.9 Å². The van der Waals surface area contributed by atoms with Gasteiger partial charge in [-0.15, -0.1) is 0 Å². The summed E-state index contributed by atoms with van der Waals surface area (Å²) in [4.78, 5) is 11.6. The number of aromatic amines is 1. The molecule has 8 heteroatoms. The molecular weight excluding hydrogens is 240 g/mol. The zero-order valence-corrected chi connectivity index (χ0v) is 9.54. The molecule has 0 fully saturated rings. The van der Waals surface area contributed by atoms with Gasteiger partial charge in [-0.3, -0.25) is 4.79 Å². The van der Waals surface area contributed by atoms with Crippen molar-refractivity contribution in [3.63, 3.8) is 0 Å². The number of fused-ring (bicyclic) bond motifs is 1. The highest BCUT2D eigenvalue weighted by Gasteiger charge is 2.11. The third kappa shape index (κ3) is 2.21. The first-order valence-corrected chi connectivity index (χ1v) is 5.33. The van der Waals surface area contributed by atoms with Gasteiger partial charge in [0.05, 0.1) is 13.2 Å². The van der Waals surface area contributed by atoms with Crippen molar-refractivity contribution in [1.29, 1.82) is 0 Å². The second-order valence-electron chi connectivity index (χ2n) is 3.77. The molecule has 0 amide bonds. The van der Waals surface area contributed by atoms with Crippen LogP contribution in [0.25, 0.3) is 10.9 Å². The molecule has 2 rings (SSSR count). The quantitative estimate of drug-likeness (QED) is 0.521. The average molecular weight is 254 g/mol. The standard InChI is InChI=1S/C10H14N4O4/c11-9-7-1-2-14(5-18-6(3-15)4-16)8(7)10(17)13-12-9/h1-2,6,15-16H,3-5H2,(H2,11,12)(H,13,17). The number of rotatable bonds is 5. The van der Waals surface area contributed by atoms with E-state index < -0.39 is 6.10 Å². The van der Waals surface area contributed by atoms with E-state index in [4.69, 9.17) is 20.7 Å². The summed E-state index contributed by atoms with van der Waals surface area (Å²) in [6.07, 6.45) is 0.949. The zero-order valence-electron chi connectivity index (χ0n) is 9.54. The Hall–Kier alpha value is -1.90. The van der Waals surface area contributed by atoms with Crippen LogP contribution in [-0.2, 0) is 11.5 Å². The summed E-state index contributed by atoms with van der Waals surface area (Å²) in [6, 6.07) is 1.66. The molecule has 8 nitrogen and oxygen atoms in total. The van der Waals surface area contributed by atoms with Crippen molar-refractivity contribution >= 4 is 16.7 Å². The van der Waals surface area contributed by atoms with E-state index >= 15 is 0 Å². The molecule has 0 aliphatic rings. The van der Waals surface area contributed by atoms with Crippen LogP contribution in [0.4, 0.5) is 5.82 Å². The molecule has 0 spiro atoms. The summed E-state index contributed by atoms with van der Waals surface area (Å²) in [5, 5.41) is 24.2. The highest BCUT2D eigenvalue weighted by molar-refractivity contribution is 5.88. The molecule has 5 N–H and O–H groups in total. The average Bonchev–Trinajstić information content (AvgIpc) is 2.80. The van der Waals surface area contributed by atoms with Crippen LogP contribution in [0, 0.1) is 0 Å². The van der Waals surface area contributed by atoms with Gasteiger partial charge in [0.25, 0.3) is 5.56 Å². The van der Waals surface area contributed by atoms with Gasteiger partial charge in [-0.05, 0) is 6.07 Å². The molecular formula is C10H14N4O4. The lowest BCUT2D eigenvalue weighted by atomic mass is 10.3. The van der Waals surface area contributed by atoms with Crippen molar-refractivity contribution in [2.45, 2.75) is 12.8 Å². The molecule has 18 heavy (non-hydrogen) atoms. The molecule has 2 aromatic heterocycles. The smallest absolute Gasteiger partial charge is 0.288 e. The Kier molecular flexibility index (Phi) is 3.60. The minimum atomic E-state index is -0.680. The van der Waals surface area contributed by atoms with E-state index in [1.807, 2.05) is 0 Å². The van der Waals surface area contributed by atoms with Gasteiger partial charge in [0.2, 0.25) is 0 Å². The van der Waals surface area contributed by atoms with Crippen LogP contribution in [-0.4, -0.2) is 44.3 Å². The number of aliphatic hydroxyl groups excluding tert-OH is 2. The zero-order chi connectivity index (χ0) is 13.1. The van der Waals surface area contributed by atoms with Gasteiger partial charge in [0, 0.05) is 11.6 Å². The Morgan fingerprint density at radius 1 is 1.50 bits per heavy atom. The lowest BCUT2D eigenvalue weighted by Gasteiger charge is -2.13. The van der Waals surface area contributed by atoms with Crippen LogP contribution >= 0.6 is 0 Å². The lowest BCUT2D eigenvalue weighted by Crippen LogP contribution is -2.24. The van der Waals surface area contributed by atoms with Crippen molar-refractivity contribution in [3.05, 3.63) is 22.6 Å². The lowest BCUT2D eigenvalue weighted by molar-refractivity contribution is -0.0486. The molecule has 0 radical (unpaired) electrons. The maximum atomic E-state index is 11.6. The summed E-state index contributed by atoms with van der Waals surface area (Å²) < 4.78 is 6.77. The van der Waals surface area contributed by atoms with Crippen molar-refractivity contribution in [2.75, 3.05) is 18.9 Å². The number of anilines is 1. The molecule has 98 valence electrons. The fourth-order valence-electron chi connectivity index (χ4n) is 1.61. The topological polar surface area (TPSA) is 126 Å². The number of H-pyrrole nitrogens is 1. The van der Waals surface area contributed by atoms with Gasteiger partial charge in [-0.2, -0.15) is 5.10 Å². The van der Waals surface area contributed by atoms with Gasteiger partial charge in [-0.1, -0.05) is 0 Å². The summed E-state index contributed by atoms with van der Waals surface area (Å²) in [5.41, 5.74) is 5.60. The molecule has 0 saturated carbocycles. The number of aliphatic hydroxyl groups is 2. The number of hydrogen-bond donors (Lipinski definition) is 4. The first-order valence-electron chi connectivity index (χ1n) is 5.33. The summed E-state index contributed by atoms with van der Waals surface area (Å²) >= 11 is 0. The van der Waals surface area contributed by atoms with Crippen LogP contribution in [0.1, 0.15) is 0 Å². The molecule has 0 aromatic carbocycles. The fourth-order valence-corrected chi connectivity index (χ4v) is 1.61. The number of nitrogens with one attached hydrogen (secondary N) is 1. The van der Waals surface area contributed by atoms with Crippen LogP contribution in [0.3, 0.4) is 0 Å². The van der Waals surface area contributed by atoms with E-state index in [9.17, 15) is 4.79 Å². The van der Waals surface area contributed by atoms with Gasteiger partial charge in [0.15, 0.2) is 5.82 Å². The molecule has 0 saturated heterocycles. The number of ether oxygens (including phenoxy) is 1. The maximum Gasteiger partial charge on any atom is 0.288 e. The van der Waals surface area contributed by atoms with Gasteiger partial charge >= 0.3 is 0 Å². The highest BCUT2D eigenvalue weighted by atomic mass is 16.5. The second-order valence-corrected chi connectivity index (χ2v) is 3.77. The third-order valence-corrected chi connectivity index (χ3v) is 2.59. The molecule has 2 aromatic rings. The third-order valence-electron chi connectivity index (χ3n) is 2.59. The van der Waals surface area contributed by atoms with Crippen LogP contribution < -0.4 is 11.3 Å². The predicted molar refractivity (Wildman–Crippen MR) is 63.8 cm³/mol. The monoisotopic (exact) mass is 254 g/mol. The van der Waals surface area contributed by atoms with E-state index in [1.54, 1.807) is 12.3 Å². The number of aromatic nitrogens is 3. The number of nitrogens with zero attached hydrogens (tertiary/aromatic N) is 2. The van der Waals surface area contributed by atoms with E-state index in [-0.39, 0.29) is 31.3 Å². The van der Waals surface area contributed by atoms with Crippen LogP contribution in [0.2, 0.25) is 0 Å². The maximum absolute atomic E-state index is 11.6. The number of hydrogen-bond acceptors (Lipinski definition) is 6. The molecule has 0 aliphatic heterocycles. The van der Waals surface area contributed by atoms with Crippen molar-refractivity contribution in [1.82, 2.24) is 14.8 Å². The Bertz CT molecular complexity index is 587. The SMILES string of the molecule is Nc1n[nH]c(=O)c2c1ccn2COC(CO)CO. The minimum absolute atomic E-state index is 0.0296. The van der Waals surface area contributed by atoms with Gasteiger partial charge in [-0.25, -0.2) is 5.10 Å². The molecule has 0 unspecified atom stereocenters. The van der Waals surface area contributed by atoms with Crippen LogP contribution in [0.15, 0.2) is 17.1 Å². The Labute approximate surface area is 102 Å². The highest BCUT2D eigenvalue weighted by Crippen LogP contribution is 2.16. The largest absolute Gasteiger partial charge is 0.394 e. The summed E-state index contributed by atoms with van der Waals surface area (Å²) in [7, 11) is 0. The minimum Gasteiger partial charge on any atom is -0.394 e. The first-order chi connectivity index (χ1) is 8.67. The second kappa shape index (κ2) is 5.17. The van der Waals surface area contributed by atoms with E-state index in [0.29, 0.717) is 10.9 Å². The fraction of sp³-hybridized carbons (Fsp3) is 0.400. The van der Waals surface area contributed by atoms with Crippen molar-refractivity contribution in [3.8, 4) is 0 Å². The number of nitrogens with two attached hydrogens (primary N) is 1. The van der Waals surface area contributed by atoms with E-state index in [1.165, 1.54) is 4.57 Å².